The van der Waals surface area contributed by atoms with Crippen LogP contribution in [0, 0.1) is 11.8 Å². The number of Topliss-reactive ketones (excluding diaryl/α,β-unsaturated/α-hetero) is 1. The summed E-state index contributed by atoms with van der Waals surface area (Å²) in [6.45, 7) is 4.13. The summed E-state index contributed by atoms with van der Waals surface area (Å²) in [5, 5.41) is 10.6. The number of hydrogen-bond acceptors (Lipinski definition) is 2. The lowest BCUT2D eigenvalue weighted by molar-refractivity contribution is 0.0609. The second-order valence-corrected chi connectivity index (χ2v) is 6.22. The second-order valence-electron chi connectivity index (χ2n) is 6.22. The minimum absolute atomic E-state index is 0.0256. The summed E-state index contributed by atoms with van der Waals surface area (Å²) in [5.41, 5.74) is 1.76. The zero-order valence-electron chi connectivity index (χ0n) is 13.3. The monoisotopic (exact) mass is 296 g/mol. The van der Waals surface area contributed by atoms with Crippen LogP contribution in [-0.2, 0) is 6.42 Å². The molecule has 0 aliphatic heterocycles. The van der Waals surface area contributed by atoms with Crippen molar-refractivity contribution >= 4 is 5.78 Å². The van der Waals surface area contributed by atoms with Gasteiger partial charge < -0.3 is 5.11 Å². The minimum Gasteiger partial charge on any atom is -0.392 e. The molecule has 2 rings (SSSR count). The van der Waals surface area contributed by atoms with Crippen molar-refractivity contribution in [1.29, 1.82) is 0 Å². The average Bonchev–Trinajstić information content (AvgIpc) is 2.53. The molecule has 0 aliphatic rings. The smallest absolute Gasteiger partial charge is 0.168 e. The Morgan fingerprint density at radius 1 is 0.955 bits per heavy atom. The Labute approximate surface area is 132 Å². The number of benzene rings is 2. The van der Waals surface area contributed by atoms with Gasteiger partial charge in [0.15, 0.2) is 5.78 Å². The molecule has 2 atom stereocenters. The highest BCUT2D eigenvalue weighted by Gasteiger charge is 2.28. The summed E-state index contributed by atoms with van der Waals surface area (Å²) < 4.78 is 0. The number of hydrogen-bond donors (Lipinski definition) is 1. The number of aliphatic hydroxyl groups excluding tert-OH is 1. The molecule has 2 aromatic rings. The van der Waals surface area contributed by atoms with Crippen LogP contribution >= 0.6 is 0 Å². The van der Waals surface area contributed by atoms with Crippen molar-refractivity contribution in [2.45, 2.75) is 32.8 Å². The van der Waals surface area contributed by atoms with E-state index in [4.69, 9.17) is 0 Å². The van der Waals surface area contributed by atoms with Gasteiger partial charge in [-0.3, -0.25) is 4.79 Å². The molecule has 0 bridgehead atoms. The molecule has 0 unspecified atom stereocenters. The fraction of sp³-hybridized carbons (Fsp3) is 0.350. The van der Waals surface area contributed by atoms with Crippen LogP contribution in [0.15, 0.2) is 60.7 Å². The normalized spacial score (nSPS) is 13.8. The third kappa shape index (κ3) is 4.54. The predicted molar refractivity (Wildman–Crippen MR) is 89.9 cm³/mol. The van der Waals surface area contributed by atoms with E-state index in [9.17, 15) is 9.90 Å². The number of carbonyl (C=O) groups is 1. The molecule has 0 aliphatic carbocycles. The maximum absolute atomic E-state index is 12.8. The van der Waals surface area contributed by atoms with Gasteiger partial charge in [-0.25, -0.2) is 0 Å². The molecular weight excluding hydrogens is 272 g/mol. The molecule has 22 heavy (non-hydrogen) atoms. The SMILES string of the molecule is CC(C)C[C@H](O)[C@@H](Cc1ccccc1)C(=O)c1ccccc1. The molecular formula is C20H24O2. The van der Waals surface area contributed by atoms with Crippen molar-refractivity contribution in [1.82, 2.24) is 0 Å². The van der Waals surface area contributed by atoms with Gasteiger partial charge in [-0.1, -0.05) is 74.5 Å². The van der Waals surface area contributed by atoms with Crippen LogP contribution in [-0.4, -0.2) is 17.0 Å². The Morgan fingerprint density at radius 3 is 2.05 bits per heavy atom. The fourth-order valence-electron chi connectivity index (χ4n) is 2.74. The summed E-state index contributed by atoms with van der Waals surface area (Å²) in [6.07, 6.45) is 0.589. The number of rotatable bonds is 7. The molecule has 0 fully saturated rings. The van der Waals surface area contributed by atoms with Crippen molar-refractivity contribution in [3.63, 3.8) is 0 Å². The van der Waals surface area contributed by atoms with Gasteiger partial charge in [0, 0.05) is 5.56 Å². The summed E-state index contributed by atoms with van der Waals surface area (Å²) in [6, 6.07) is 19.2. The first kappa shape index (κ1) is 16.4. The highest BCUT2D eigenvalue weighted by molar-refractivity contribution is 5.98. The first-order valence-electron chi connectivity index (χ1n) is 7.89. The Bertz CT molecular complexity index is 575. The first-order valence-corrected chi connectivity index (χ1v) is 7.89. The average molecular weight is 296 g/mol. The highest BCUT2D eigenvalue weighted by atomic mass is 16.3. The predicted octanol–water partition coefficient (Wildman–Crippen LogP) is 4.14. The van der Waals surface area contributed by atoms with E-state index < -0.39 is 12.0 Å². The molecule has 0 saturated heterocycles. The Kier molecular flexibility index (Phi) is 5.91. The van der Waals surface area contributed by atoms with Crippen LogP contribution in [0.2, 0.25) is 0 Å². The molecule has 1 N–H and O–H groups in total. The molecule has 2 nitrogen and oxygen atoms in total. The Morgan fingerprint density at radius 2 is 1.50 bits per heavy atom. The van der Waals surface area contributed by atoms with Crippen LogP contribution in [0.4, 0.5) is 0 Å². The van der Waals surface area contributed by atoms with E-state index in [1.807, 2.05) is 60.7 Å². The van der Waals surface area contributed by atoms with E-state index in [2.05, 4.69) is 13.8 Å². The fourth-order valence-corrected chi connectivity index (χ4v) is 2.74. The molecule has 0 heterocycles. The number of aliphatic hydroxyl groups is 1. The summed E-state index contributed by atoms with van der Waals surface area (Å²) >= 11 is 0. The number of carbonyl (C=O) groups excluding carboxylic acids is 1. The molecule has 0 saturated carbocycles. The van der Waals surface area contributed by atoms with Crippen LogP contribution < -0.4 is 0 Å². The van der Waals surface area contributed by atoms with E-state index >= 15 is 0 Å². The van der Waals surface area contributed by atoms with Crippen LogP contribution in [0.25, 0.3) is 0 Å². The van der Waals surface area contributed by atoms with Crippen molar-refractivity contribution in [3.8, 4) is 0 Å². The minimum atomic E-state index is -0.618. The van der Waals surface area contributed by atoms with Gasteiger partial charge >= 0.3 is 0 Å². The van der Waals surface area contributed by atoms with Gasteiger partial charge in [0.05, 0.1) is 12.0 Å². The summed E-state index contributed by atoms with van der Waals surface area (Å²) in [5.74, 6) is -0.0124. The van der Waals surface area contributed by atoms with Gasteiger partial charge in [-0.2, -0.15) is 0 Å². The lowest BCUT2D eigenvalue weighted by Crippen LogP contribution is -2.31. The van der Waals surface area contributed by atoms with E-state index in [-0.39, 0.29) is 5.78 Å². The standard InChI is InChI=1S/C20H24O2/c1-15(2)13-19(21)18(14-16-9-5-3-6-10-16)20(22)17-11-7-4-8-12-17/h3-12,15,18-19,21H,13-14H2,1-2H3/t18-,19+/m1/s1. The summed E-state index contributed by atoms with van der Waals surface area (Å²) in [4.78, 5) is 12.8. The van der Waals surface area contributed by atoms with Gasteiger partial charge in [-0.15, -0.1) is 0 Å². The van der Waals surface area contributed by atoms with E-state index in [0.717, 1.165) is 5.56 Å². The topological polar surface area (TPSA) is 37.3 Å². The lowest BCUT2D eigenvalue weighted by Gasteiger charge is -2.23. The van der Waals surface area contributed by atoms with Crippen LogP contribution in [0.5, 0.6) is 0 Å². The molecule has 2 aromatic carbocycles. The molecule has 0 radical (unpaired) electrons. The largest absolute Gasteiger partial charge is 0.392 e. The van der Waals surface area contributed by atoms with Crippen LogP contribution in [0.3, 0.4) is 0 Å². The van der Waals surface area contributed by atoms with Crippen molar-refractivity contribution in [2.24, 2.45) is 11.8 Å². The molecule has 0 aromatic heterocycles. The van der Waals surface area contributed by atoms with E-state index in [0.29, 0.717) is 24.3 Å². The van der Waals surface area contributed by atoms with Crippen molar-refractivity contribution < 1.29 is 9.90 Å². The third-order valence-electron chi connectivity index (χ3n) is 3.87. The quantitative estimate of drug-likeness (QED) is 0.780. The highest BCUT2D eigenvalue weighted by Crippen LogP contribution is 2.22. The Hall–Kier alpha value is -1.93. The zero-order valence-corrected chi connectivity index (χ0v) is 13.3. The second kappa shape index (κ2) is 7.90. The first-order chi connectivity index (χ1) is 10.6. The number of ketones is 1. The third-order valence-corrected chi connectivity index (χ3v) is 3.87. The van der Waals surface area contributed by atoms with Crippen LogP contribution in [0.1, 0.15) is 36.2 Å². The van der Waals surface area contributed by atoms with E-state index in [1.54, 1.807) is 0 Å². The van der Waals surface area contributed by atoms with Gasteiger partial charge in [0.1, 0.15) is 0 Å². The molecule has 2 heteroatoms. The zero-order chi connectivity index (χ0) is 15.9. The molecule has 116 valence electrons. The molecule has 0 amide bonds. The van der Waals surface area contributed by atoms with Crippen molar-refractivity contribution in [3.05, 3.63) is 71.8 Å². The van der Waals surface area contributed by atoms with Gasteiger partial charge in [-0.05, 0) is 24.3 Å². The van der Waals surface area contributed by atoms with Gasteiger partial charge in [0.25, 0.3) is 0 Å². The van der Waals surface area contributed by atoms with E-state index in [1.165, 1.54) is 0 Å². The summed E-state index contributed by atoms with van der Waals surface area (Å²) in [7, 11) is 0. The maximum Gasteiger partial charge on any atom is 0.168 e. The Balaban J connectivity index is 2.23. The van der Waals surface area contributed by atoms with Crippen molar-refractivity contribution in [2.75, 3.05) is 0 Å². The molecule has 0 spiro atoms. The lowest BCUT2D eigenvalue weighted by atomic mass is 9.84. The van der Waals surface area contributed by atoms with Gasteiger partial charge in [0.2, 0.25) is 0 Å². The maximum atomic E-state index is 12.8.